The average Bonchev–Trinajstić information content (AvgIpc) is 3.33. The molecular weight excluding hydrogens is 478 g/mol. The highest BCUT2D eigenvalue weighted by atomic mass is 19.1. The Hall–Kier alpha value is -3.44. The molecule has 3 rings (SSSR count). The fourth-order valence-corrected chi connectivity index (χ4v) is 4.38. The smallest absolute Gasteiger partial charge is 0.149 e. The zero-order chi connectivity index (χ0) is 27.2. The van der Waals surface area contributed by atoms with E-state index in [9.17, 15) is 13.9 Å². The first-order valence-electron chi connectivity index (χ1n) is 12.3. The molecule has 0 aliphatic heterocycles. The molecule has 0 saturated carbocycles. The van der Waals surface area contributed by atoms with Crippen molar-refractivity contribution < 1.29 is 13.9 Å². The minimum atomic E-state index is -0.997. The molecule has 9 nitrogen and oxygen atoms in total. The molecule has 2 atom stereocenters. The third kappa shape index (κ3) is 7.77. The van der Waals surface area contributed by atoms with E-state index < -0.39 is 23.8 Å². The maximum Gasteiger partial charge on any atom is 0.149 e. The fourth-order valence-electron chi connectivity index (χ4n) is 4.38. The second kappa shape index (κ2) is 12.2. The van der Waals surface area contributed by atoms with Crippen LogP contribution < -0.4 is 16.4 Å². The Labute approximate surface area is 216 Å². The Morgan fingerprint density at radius 3 is 2.57 bits per heavy atom. The number of hydrogen-bond acceptors (Lipinski definition) is 7. The van der Waals surface area contributed by atoms with Crippen LogP contribution in [0.5, 0.6) is 0 Å². The highest BCUT2D eigenvalue weighted by molar-refractivity contribution is 5.96. The lowest BCUT2D eigenvalue weighted by atomic mass is 9.87. The zero-order valence-corrected chi connectivity index (χ0v) is 21.7. The Bertz CT molecular complexity index is 1190. The van der Waals surface area contributed by atoms with Crippen LogP contribution in [-0.4, -0.2) is 50.3 Å². The summed E-state index contributed by atoms with van der Waals surface area (Å²) in [5.74, 6) is -1.44. The van der Waals surface area contributed by atoms with Crippen molar-refractivity contribution in [3.8, 4) is 0 Å². The number of aliphatic hydroxyl groups is 1. The van der Waals surface area contributed by atoms with Crippen LogP contribution in [0.1, 0.15) is 56.0 Å². The van der Waals surface area contributed by atoms with Crippen LogP contribution in [0.4, 0.5) is 14.5 Å². The number of benzene rings is 2. The van der Waals surface area contributed by atoms with Crippen LogP contribution in [0.25, 0.3) is 0 Å². The molecule has 0 saturated heterocycles. The van der Waals surface area contributed by atoms with Crippen LogP contribution in [0, 0.1) is 22.5 Å². The molecule has 0 fully saturated rings. The summed E-state index contributed by atoms with van der Waals surface area (Å²) in [6.45, 7) is 9.24. The number of nitrogen functional groups attached to an aromatic ring is 1. The third-order valence-electron chi connectivity index (χ3n) is 5.93. The Balaban J connectivity index is 1.78. The number of halogens is 2. The van der Waals surface area contributed by atoms with Gasteiger partial charge in [-0.1, -0.05) is 39.0 Å². The van der Waals surface area contributed by atoms with E-state index in [-0.39, 0.29) is 29.9 Å². The van der Waals surface area contributed by atoms with Crippen molar-refractivity contribution in [1.29, 1.82) is 5.41 Å². The maximum absolute atomic E-state index is 14.5. The summed E-state index contributed by atoms with van der Waals surface area (Å²) in [5, 5.41) is 36.4. The van der Waals surface area contributed by atoms with E-state index in [2.05, 4.69) is 46.9 Å². The van der Waals surface area contributed by atoms with Crippen molar-refractivity contribution >= 4 is 11.5 Å². The standard InChI is InChI=1S/C26H36F2N8O/c1-5-32-24-17(9-19(27)11-21(24)28)10-22(36-15-33-34-35-36)23(37)14-31-13-18-8-16(12-26(2,3)4)6-7-20(18)25(29)30/h6-9,11,15,22-23,31-32,37H,5,10,12-14H2,1-4H3,(H3,29,30). The van der Waals surface area contributed by atoms with Crippen molar-refractivity contribution in [2.75, 3.05) is 18.4 Å². The number of aromatic nitrogens is 4. The van der Waals surface area contributed by atoms with Crippen LogP contribution in [0.2, 0.25) is 0 Å². The van der Waals surface area contributed by atoms with Crippen molar-refractivity contribution in [2.45, 2.75) is 59.2 Å². The summed E-state index contributed by atoms with van der Waals surface area (Å²) in [6.07, 6.45) is 1.31. The molecule has 0 amide bonds. The molecule has 2 aromatic carbocycles. The van der Waals surface area contributed by atoms with Crippen LogP contribution in [0.15, 0.2) is 36.7 Å². The van der Waals surface area contributed by atoms with Crippen molar-refractivity contribution in [1.82, 2.24) is 25.5 Å². The average molecular weight is 515 g/mol. The second-order valence-corrected chi connectivity index (χ2v) is 10.4. The summed E-state index contributed by atoms with van der Waals surface area (Å²) in [7, 11) is 0. The lowest BCUT2D eigenvalue weighted by Gasteiger charge is -2.25. The van der Waals surface area contributed by atoms with Gasteiger partial charge in [0.15, 0.2) is 0 Å². The van der Waals surface area contributed by atoms with Gasteiger partial charge in [-0.25, -0.2) is 13.5 Å². The second-order valence-electron chi connectivity index (χ2n) is 10.4. The van der Waals surface area contributed by atoms with E-state index in [0.29, 0.717) is 24.2 Å². The third-order valence-corrected chi connectivity index (χ3v) is 5.93. The van der Waals surface area contributed by atoms with Crippen LogP contribution in [0.3, 0.4) is 0 Å². The molecule has 37 heavy (non-hydrogen) atoms. The van der Waals surface area contributed by atoms with E-state index >= 15 is 0 Å². The predicted molar refractivity (Wildman–Crippen MR) is 139 cm³/mol. The fraction of sp³-hybridized carbons (Fsp3) is 0.462. The van der Waals surface area contributed by atoms with Gasteiger partial charge in [-0.2, -0.15) is 0 Å². The molecule has 6 N–H and O–H groups in total. The lowest BCUT2D eigenvalue weighted by molar-refractivity contribution is 0.103. The number of aliphatic hydroxyl groups excluding tert-OH is 1. The molecule has 11 heteroatoms. The van der Waals surface area contributed by atoms with Crippen LogP contribution in [-0.2, 0) is 19.4 Å². The van der Waals surface area contributed by atoms with E-state index in [0.717, 1.165) is 23.6 Å². The number of nitrogens with one attached hydrogen (secondary N) is 3. The van der Waals surface area contributed by atoms with E-state index in [4.69, 9.17) is 11.1 Å². The summed E-state index contributed by atoms with van der Waals surface area (Å²) in [5.41, 5.74) is 9.05. The molecule has 0 aliphatic carbocycles. The number of nitrogens with zero attached hydrogens (tertiary/aromatic N) is 4. The normalized spacial score (nSPS) is 13.4. The first-order valence-corrected chi connectivity index (χ1v) is 12.3. The summed E-state index contributed by atoms with van der Waals surface area (Å²) in [4.78, 5) is 0. The summed E-state index contributed by atoms with van der Waals surface area (Å²) in [6, 6.07) is 7.24. The molecule has 0 spiro atoms. The van der Waals surface area contributed by atoms with Gasteiger partial charge in [0, 0.05) is 31.3 Å². The van der Waals surface area contributed by atoms with Gasteiger partial charge in [0.2, 0.25) is 0 Å². The van der Waals surface area contributed by atoms with Crippen LogP contribution >= 0.6 is 0 Å². The van der Waals surface area contributed by atoms with Gasteiger partial charge in [0.1, 0.15) is 23.8 Å². The summed E-state index contributed by atoms with van der Waals surface area (Å²) >= 11 is 0. The number of anilines is 1. The highest BCUT2D eigenvalue weighted by Crippen LogP contribution is 2.27. The number of tetrazole rings is 1. The molecular formula is C26H36F2N8O. The van der Waals surface area contributed by atoms with Gasteiger partial charge in [-0.15, -0.1) is 5.10 Å². The van der Waals surface area contributed by atoms with E-state index in [1.807, 2.05) is 25.1 Å². The zero-order valence-electron chi connectivity index (χ0n) is 21.7. The number of amidine groups is 1. The molecule has 0 bridgehead atoms. The molecule has 3 aromatic rings. The molecule has 0 radical (unpaired) electrons. The SMILES string of the molecule is CCNc1c(F)cc(F)cc1CC(C(O)CNCc1cc(CC(C)(C)C)ccc1C(=N)N)n1cnnn1. The van der Waals surface area contributed by atoms with Crippen molar-refractivity contribution in [3.63, 3.8) is 0 Å². The van der Waals surface area contributed by atoms with Gasteiger partial charge in [0.25, 0.3) is 0 Å². The van der Waals surface area contributed by atoms with Gasteiger partial charge in [-0.3, -0.25) is 5.41 Å². The topological polar surface area (TPSA) is 138 Å². The first-order chi connectivity index (χ1) is 17.5. The first kappa shape index (κ1) is 28.1. The Morgan fingerprint density at radius 1 is 1.19 bits per heavy atom. The van der Waals surface area contributed by atoms with Gasteiger partial charge in [0.05, 0.1) is 17.8 Å². The largest absolute Gasteiger partial charge is 0.390 e. The predicted octanol–water partition coefficient (Wildman–Crippen LogP) is 3.19. The van der Waals surface area contributed by atoms with Crippen molar-refractivity contribution in [2.24, 2.45) is 11.1 Å². The van der Waals surface area contributed by atoms with Gasteiger partial charge >= 0.3 is 0 Å². The van der Waals surface area contributed by atoms with E-state index in [1.54, 1.807) is 0 Å². The van der Waals surface area contributed by atoms with Crippen molar-refractivity contribution in [3.05, 3.63) is 70.5 Å². The Kier molecular flexibility index (Phi) is 9.28. The quantitative estimate of drug-likeness (QED) is 0.185. The van der Waals surface area contributed by atoms with E-state index in [1.165, 1.54) is 17.1 Å². The molecule has 2 unspecified atom stereocenters. The molecule has 1 aromatic heterocycles. The van der Waals surface area contributed by atoms with Gasteiger partial charge < -0.3 is 21.5 Å². The highest BCUT2D eigenvalue weighted by Gasteiger charge is 2.25. The monoisotopic (exact) mass is 514 g/mol. The number of rotatable bonds is 12. The lowest BCUT2D eigenvalue weighted by Crippen LogP contribution is -2.36. The molecule has 0 aliphatic rings. The minimum absolute atomic E-state index is 0.0321. The molecule has 200 valence electrons. The van der Waals surface area contributed by atoms with Gasteiger partial charge in [-0.05, 0) is 58.4 Å². The maximum atomic E-state index is 14.5. The number of nitrogens with two attached hydrogens (primary N) is 1. The molecule has 1 heterocycles. The minimum Gasteiger partial charge on any atom is -0.390 e. The Morgan fingerprint density at radius 2 is 1.95 bits per heavy atom. The number of hydrogen-bond donors (Lipinski definition) is 5. The summed E-state index contributed by atoms with van der Waals surface area (Å²) < 4.78 is 29.9.